The van der Waals surface area contributed by atoms with Gasteiger partial charge in [-0.3, -0.25) is 4.55 Å². The molecule has 6 unspecified atom stereocenters. The van der Waals surface area contributed by atoms with E-state index in [1.165, 1.54) is 44.9 Å². The summed E-state index contributed by atoms with van der Waals surface area (Å²) in [5.41, 5.74) is 0.855. The third-order valence-corrected chi connectivity index (χ3v) is 10.5. The molecule has 0 heterocycles. The molecular weight excluding hydrogens is 368 g/mol. The van der Waals surface area contributed by atoms with Gasteiger partial charge in [0.2, 0.25) is 0 Å². The molecule has 0 spiro atoms. The third-order valence-electron chi connectivity index (χ3n) is 9.68. The molecule has 0 amide bonds. The van der Waals surface area contributed by atoms with Gasteiger partial charge in [-0.1, -0.05) is 60.8 Å². The maximum Gasteiger partial charge on any atom is 0.264 e. The number of unbranched alkanes of at least 4 members (excludes halogenated alkanes) is 1. The van der Waals surface area contributed by atoms with Crippen molar-refractivity contribution in [2.24, 2.45) is 40.4 Å². The third kappa shape index (κ3) is 5.33. The van der Waals surface area contributed by atoms with Crippen molar-refractivity contribution < 1.29 is 13.0 Å². The Morgan fingerprint density at radius 3 is 2.11 bits per heavy atom. The molecule has 2 fully saturated rings. The Morgan fingerprint density at radius 2 is 1.50 bits per heavy atom. The quantitative estimate of drug-likeness (QED) is 0.327. The highest BCUT2D eigenvalue weighted by Gasteiger charge is 2.47. The summed E-state index contributed by atoms with van der Waals surface area (Å²) >= 11 is 0. The summed E-state index contributed by atoms with van der Waals surface area (Å²) in [5.74, 6) is 3.85. The lowest BCUT2D eigenvalue weighted by atomic mass is 9.54. The van der Waals surface area contributed by atoms with Gasteiger partial charge in [0.1, 0.15) is 0 Å². The molecule has 166 valence electrons. The van der Waals surface area contributed by atoms with E-state index < -0.39 is 10.1 Å². The van der Waals surface area contributed by atoms with E-state index in [0.29, 0.717) is 23.2 Å². The van der Waals surface area contributed by atoms with Crippen molar-refractivity contribution in [1.29, 1.82) is 0 Å². The lowest BCUT2D eigenvalue weighted by molar-refractivity contribution is -0.0110. The molecule has 4 heteroatoms. The molecule has 0 aromatic rings. The van der Waals surface area contributed by atoms with Crippen molar-refractivity contribution in [2.75, 3.05) is 5.75 Å². The zero-order valence-corrected chi connectivity index (χ0v) is 20.2. The van der Waals surface area contributed by atoms with Crippen LogP contribution in [0.1, 0.15) is 106 Å². The van der Waals surface area contributed by atoms with Crippen LogP contribution in [-0.4, -0.2) is 18.7 Å². The highest BCUT2D eigenvalue weighted by atomic mass is 32.2. The maximum atomic E-state index is 11.0. The highest BCUT2D eigenvalue weighted by molar-refractivity contribution is 7.85. The van der Waals surface area contributed by atoms with Crippen molar-refractivity contribution >= 4 is 10.1 Å². The summed E-state index contributed by atoms with van der Waals surface area (Å²) < 4.78 is 30.9. The van der Waals surface area contributed by atoms with Gasteiger partial charge in [0.15, 0.2) is 0 Å². The van der Waals surface area contributed by atoms with Crippen LogP contribution in [0.4, 0.5) is 0 Å². The lowest BCUT2D eigenvalue weighted by Crippen LogP contribution is -2.42. The molecule has 0 aliphatic heterocycles. The van der Waals surface area contributed by atoms with Crippen molar-refractivity contribution in [1.82, 2.24) is 0 Å². The molecule has 3 nitrogen and oxygen atoms in total. The van der Waals surface area contributed by atoms with Gasteiger partial charge in [0, 0.05) is 0 Å². The number of hydrogen-bond donors (Lipinski definition) is 1. The Hall–Kier alpha value is -0.0900. The molecule has 2 rings (SSSR count). The topological polar surface area (TPSA) is 54.4 Å². The summed E-state index contributed by atoms with van der Waals surface area (Å²) in [6.07, 6.45) is 11.9. The standard InChI is InChI=1S/C24H46O3S/c1-7-23(5)19(3)12-11-18(2)22(23)15-16-24(6)20(4)13-14-21(24)10-8-9-17-28(25,26)27/h18-22H,7-17H2,1-6H3,(H,25,26,27)/t18?,19?,20?,21-,22?,23?,24?/m0/s1. The van der Waals surface area contributed by atoms with Crippen LogP contribution in [0, 0.1) is 40.4 Å². The summed E-state index contributed by atoms with van der Waals surface area (Å²) in [6.45, 7) is 14.8. The van der Waals surface area contributed by atoms with E-state index in [4.69, 9.17) is 4.55 Å². The second-order valence-corrected chi connectivity index (χ2v) is 12.5. The van der Waals surface area contributed by atoms with Gasteiger partial charge in [0.25, 0.3) is 10.1 Å². The van der Waals surface area contributed by atoms with Crippen molar-refractivity contribution in [3.8, 4) is 0 Å². The minimum Gasteiger partial charge on any atom is -0.286 e. The lowest BCUT2D eigenvalue weighted by Gasteiger charge is -2.51. The minimum atomic E-state index is -3.81. The number of hydrogen-bond acceptors (Lipinski definition) is 2. The van der Waals surface area contributed by atoms with Crippen molar-refractivity contribution in [2.45, 2.75) is 106 Å². The first-order valence-electron chi connectivity index (χ1n) is 11.9. The van der Waals surface area contributed by atoms with Crippen molar-refractivity contribution in [3.63, 3.8) is 0 Å². The van der Waals surface area contributed by atoms with Gasteiger partial charge in [-0.05, 0) is 85.4 Å². The zero-order valence-electron chi connectivity index (χ0n) is 19.3. The molecule has 1 N–H and O–H groups in total. The van der Waals surface area contributed by atoms with E-state index in [1.807, 2.05) is 0 Å². The largest absolute Gasteiger partial charge is 0.286 e. The molecule has 2 aliphatic carbocycles. The predicted octanol–water partition coefficient (Wildman–Crippen LogP) is 6.98. The summed E-state index contributed by atoms with van der Waals surface area (Å²) in [5, 5.41) is 0. The van der Waals surface area contributed by atoms with E-state index in [-0.39, 0.29) is 5.75 Å². The maximum absolute atomic E-state index is 11.0. The Balaban J connectivity index is 2.00. The molecule has 0 aromatic heterocycles. The van der Waals surface area contributed by atoms with Gasteiger partial charge in [-0.2, -0.15) is 8.42 Å². The highest BCUT2D eigenvalue weighted by Crippen LogP contribution is 2.57. The Bertz CT molecular complexity index is 601. The van der Waals surface area contributed by atoms with Gasteiger partial charge in [0.05, 0.1) is 5.75 Å². The first-order valence-corrected chi connectivity index (χ1v) is 13.5. The van der Waals surface area contributed by atoms with Gasteiger partial charge >= 0.3 is 0 Å². The zero-order chi connectivity index (χ0) is 21.2. The van der Waals surface area contributed by atoms with E-state index in [1.54, 1.807) is 0 Å². The molecule has 7 atom stereocenters. The van der Waals surface area contributed by atoms with Crippen molar-refractivity contribution in [3.05, 3.63) is 0 Å². The van der Waals surface area contributed by atoms with Gasteiger partial charge < -0.3 is 0 Å². The first-order chi connectivity index (χ1) is 12.9. The molecule has 0 bridgehead atoms. The van der Waals surface area contributed by atoms with Crippen LogP contribution in [0.15, 0.2) is 0 Å². The Kier molecular flexibility index (Phi) is 8.09. The van der Waals surface area contributed by atoms with Gasteiger partial charge in [-0.25, -0.2) is 0 Å². The fraction of sp³-hybridized carbons (Fsp3) is 1.00. The van der Waals surface area contributed by atoms with Gasteiger partial charge in [-0.15, -0.1) is 0 Å². The normalized spacial score (nSPS) is 42.0. The van der Waals surface area contributed by atoms with Crippen LogP contribution in [0.3, 0.4) is 0 Å². The summed E-state index contributed by atoms with van der Waals surface area (Å²) in [6, 6.07) is 0. The van der Waals surface area contributed by atoms with E-state index in [0.717, 1.165) is 36.5 Å². The minimum absolute atomic E-state index is 0.0850. The van der Waals surface area contributed by atoms with Crippen LogP contribution >= 0.6 is 0 Å². The average Bonchev–Trinajstić information content (AvgIpc) is 2.89. The van der Waals surface area contributed by atoms with E-state index in [2.05, 4.69) is 41.5 Å². The van der Waals surface area contributed by atoms with Crippen LogP contribution in [0.2, 0.25) is 0 Å². The van der Waals surface area contributed by atoms with E-state index in [9.17, 15) is 8.42 Å². The summed E-state index contributed by atoms with van der Waals surface area (Å²) in [4.78, 5) is 0. The van der Waals surface area contributed by atoms with Crippen LogP contribution in [0.5, 0.6) is 0 Å². The predicted molar refractivity (Wildman–Crippen MR) is 119 cm³/mol. The van der Waals surface area contributed by atoms with Crippen LogP contribution in [-0.2, 0) is 10.1 Å². The smallest absolute Gasteiger partial charge is 0.264 e. The Morgan fingerprint density at radius 1 is 0.893 bits per heavy atom. The van der Waals surface area contributed by atoms with E-state index >= 15 is 0 Å². The molecule has 2 aliphatic rings. The molecule has 2 saturated carbocycles. The van der Waals surface area contributed by atoms with Crippen LogP contribution in [0.25, 0.3) is 0 Å². The molecule has 0 saturated heterocycles. The second-order valence-electron chi connectivity index (χ2n) is 10.9. The SMILES string of the molecule is CCC1(C)C(C)CCC(C)C1CCC1(C)C(C)CC[C@@H]1CCCCS(=O)(=O)O. The number of rotatable bonds is 9. The molecule has 28 heavy (non-hydrogen) atoms. The fourth-order valence-corrected chi connectivity index (χ4v) is 7.43. The second kappa shape index (κ2) is 9.37. The molecular formula is C24H46O3S. The Labute approximate surface area is 175 Å². The average molecular weight is 415 g/mol. The van der Waals surface area contributed by atoms with Crippen LogP contribution < -0.4 is 0 Å². The monoisotopic (exact) mass is 414 g/mol. The fourth-order valence-electron chi connectivity index (χ4n) is 6.86. The summed E-state index contributed by atoms with van der Waals surface area (Å²) in [7, 11) is -3.81. The molecule has 0 aromatic carbocycles. The first kappa shape index (κ1) is 24.2. The molecule has 0 radical (unpaired) electrons.